The van der Waals surface area contributed by atoms with Crippen LogP contribution in [0.3, 0.4) is 0 Å². The molecule has 0 atom stereocenters. The van der Waals surface area contributed by atoms with Crippen molar-refractivity contribution < 1.29 is 51.6 Å². The molecule has 0 radical (unpaired) electrons. The van der Waals surface area contributed by atoms with E-state index in [-0.39, 0.29) is 53.0 Å². The summed E-state index contributed by atoms with van der Waals surface area (Å²) >= 11 is 0. The molecule has 0 aliphatic rings. The first-order valence-electron chi connectivity index (χ1n) is 24.4. The maximum atomic E-state index is 6.68. The van der Waals surface area contributed by atoms with Crippen LogP contribution in [-0.4, -0.2) is 33.6 Å². The van der Waals surface area contributed by atoms with Gasteiger partial charge in [0.1, 0.15) is 11.6 Å². The van der Waals surface area contributed by atoms with E-state index < -0.39 is 0 Å². The third kappa shape index (κ3) is 8.82. The number of ether oxygens (including phenoxy) is 2. The van der Waals surface area contributed by atoms with Gasteiger partial charge in [0.05, 0.1) is 0 Å². The van der Waals surface area contributed by atoms with Crippen molar-refractivity contribution in [3.63, 3.8) is 0 Å². The fourth-order valence-electron chi connectivity index (χ4n) is 9.94. The number of para-hydroxylation sites is 2. The summed E-state index contributed by atoms with van der Waals surface area (Å²) in [6.45, 7) is 13.5. The van der Waals surface area contributed by atoms with Crippen LogP contribution in [0.25, 0.3) is 94.1 Å². The topological polar surface area (TPSA) is 84.8 Å². The monoisotopic (exact) mass is 1340 g/mol. The second-order valence-electron chi connectivity index (χ2n) is 20.5. The Morgan fingerprint density at radius 3 is 1.13 bits per heavy atom. The van der Waals surface area contributed by atoms with Crippen molar-refractivity contribution in [1.29, 1.82) is 0 Å². The van der Waals surface area contributed by atoms with Crippen molar-refractivity contribution in [3.05, 3.63) is 212 Å². The molecular weight excluding hydrogens is 1290 g/mol. The van der Waals surface area contributed by atoms with Gasteiger partial charge in [0.15, 0.2) is 0 Å². The summed E-state index contributed by atoms with van der Waals surface area (Å²) in [6.07, 6.45) is 7.42. The van der Waals surface area contributed by atoms with E-state index in [0.717, 1.165) is 88.2 Å². The maximum absolute atomic E-state index is 6.68. The van der Waals surface area contributed by atoms with E-state index in [1.807, 2.05) is 89.8 Å². The summed E-state index contributed by atoms with van der Waals surface area (Å²) in [5, 5.41) is 6.17. The Morgan fingerprint density at radius 2 is 0.747 bits per heavy atom. The zero-order valence-electron chi connectivity index (χ0n) is 41.8. The van der Waals surface area contributed by atoms with Gasteiger partial charge in [-0.1, -0.05) is 130 Å². The number of rotatable bonds is 8. The third-order valence-electron chi connectivity index (χ3n) is 13.7. The molecule has 0 aliphatic carbocycles. The third-order valence-corrected chi connectivity index (χ3v) is 13.7. The number of hydrogen-bond donors (Lipinski definition) is 0. The van der Waals surface area contributed by atoms with E-state index in [0.29, 0.717) is 28.9 Å². The first-order chi connectivity index (χ1) is 35.4. The summed E-state index contributed by atoms with van der Waals surface area (Å²) < 4.78 is 19.6. The van der Waals surface area contributed by atoms with Gasteiger partial charge < -0.3 is 23.2 Å². The van der Waals surface area contributed by atoms with Gasteiger partial charge >= 0.3 is 42.1 Å². The number of aromatic nitrogens is 7. The normalized spacial score (nSPS) is 11.9. The van der Waals surface area contributed by atoms with Crippen molar-refractivity contribution in [2.45, 2.75) is 52.4 Å². The molecule has 0 bridgehead atoms. The van der Waals surface area contributed by atoms with Crippen LogP contribution in [0.4, 0.5) is 0 Å². The Kier molecular flexibility index (Phi) is 12.7. The smallest absolute Gasteiger partial charge is 0.509 e. The number of fused-ring (bicyclic) bond motifs is 9. The molecule has 370 valence electrons. The Morgan fingerprint density at radius 1 is 0.373 bits per heavy atom. The zero-order valence-corrected chi connectivity index (χ0v) is 46.4. The van der Waals surface area contributed by atoms with Crippen molar-refractivity contribution in [2.75, 3.05) is 0 Å². The second-order valence-corrected chi connectivity index (χ2v) is 20.5. The van der Waals surface area contributed by atoms with Crippen molar-refractivity contribution in [3.8, 4) is 51.7 Å². The first-order valence-corrected chi connectivity index (χ1v) is 24.4. The summed E-state index contributed by atoms with van der Waals surface area (Å²) in [6, 6.07) is 65.8. The van der Waals surface area contributed by atoms with Gasteiger partial charge in [0, 0.05) is 64.4 Å². The van der Waals surface area contributed by atoms with Gasteiger partial charge in [0.2, 0.25) is 5.95 Å². The Labute approximate surface area is 463 Å². The van der Waals surface area contributed by atoms with E-state index in [2.05, 4.69) is 154 Å². The summed E-state index contributed by atoms with van der Waals surface area (Å²) in [5.74, 6) is 4.13. The molecule has 6 heterocycles. The predicted octanol–water partition coefficient (Wildman–Crippen LogP) is 15.6. The molecule has 7 aromatic carbocycles. The largest absolute Gasteiger partial charge is 2.00 e. The quantitative estimate of drug-likeness (QED) is 0.141. The molecule has 6 aromatic heterocycles. The number of hydrogen-bond acceptors (Lipinski definition) is 6. The number of benzene rings is 7. The van der Waals surface area contributed by atoms with E-state index >= 15 is 0 Å². The van der Waals surface area contributed by atoms with Crippen molar-refractivity contribution >= 4 is 65.4 Å². The summed E-state index contributed by atoms with van der Waals surface area (Å²) in [5.41, 5.74) is 9.65. The SMILES string of the molecule is CC(C)(C)c1cc(-c2cnc(-n3c4[c-]c(Oc5[c-]c6c(cc5)c5ccccc5n6-c5ccccn5)ccc4c4ccc(Oc5[c-]c6c(cc5)c5ccccc5n6-c5ccccn5)[c-]c43)nc2)cc(C(C)(C)C)c1.[Pt+2].[Pt+2]. The minimum absolute atomic E-state index is 0. The van der Waals surface area contributed by atoms with E-state index in [1.54, 1.807) is 12.4 Å². The van der Waals surface area contributed by atoms with Crippen LogP contribution in [0.5, 0.6) is 23.0 Å². The molecule has 0 aliphatic heterocycles. The zero-order chi connectivity index (χ0) is 49.6. The molecular formula is C64H47N7O2Pt2. The van der Waals surface area contributed by atoms with Gasteiger partial charge in [-0.3, -0.25) is 0 Å². The molecule has 0 spiro atoms. The maximum Gasteiger partial charge on any atom is 2.00 e. The second kappa shape index (κ2) is 19.2. The molecule has 75 heavy (non-hydrogen) atoms. The number of nitrogens with zero attached hydrogens (tertiary/aromatic N) is 7. The standard InChI is InChI=1S/C64H47N7O2.2Pt/c1-63(2,3)42-31-40(32-43(33-42)64(4,5)6)41-38-67-62(68-39-41)71-58-36-46(72-44-21-25-50-48-15-7-9-17-54(48)69(56(50)34-44)60-19-11-13-29-65-60)23-27-52(58)53-28-24-47(37-59(53)71)73-45-22-26-51-49-16-8-10-18-55(49)70(57(51)35-45)61-20-12-14-30-66-61;;/h7-33,38-39H,1-6H3;;/q-4;2*+2. The van der Waals surface area contributed by atoms with Crippen LogP contribution in [0, 0.1) is 24.3 Å². The van der Waals surface area contributed by atoms with E-state index in [4.69, 9.17) is 29.4 Å². The van der Waals surface area contributed by atoms with Crippen molar-refractivity contribution in [1.82, 2.24) is 33.6 Å². The Hall–Kier alpha value is -7.70. The first kappa shape index (κ1) is 49.5. The van der Waals surface area contributed by atoms with E-state index in [1.165, 1.54) is 11.1 Å². The summed E-state index contributed by atoms with van der Waals surface area (Å²) in [7, 11) is 0. The van der Waals surface area contributed by atoms with Crippen LogP contribution < -0.4 is 9.47 Å². The van der Waals surface area contributed by atoms with Crippen LogP contribution in [0.2, 0.25) is 0 Å². The molecule has 0 N–H and O–H groups in total. The van der Waals surface area contributed by atoms with Crippen molar-refractivity contribution in [2.24, 2.45) is 0 Å². The molecule has 11 heteroatoms. The van der Waals surface area contributed by atoms with Crippen LogP contribution in [-0.2, 0) is 53.0 Å². The molecule has 0 unspecified atom stereocenters. The molecule has 0 saturated carbocycles. The van der Waals surface area contributed by atoms with E-state index in [9.17, 15) is 0 Å². The predicted molar refractivity (Wildman–Crippen MR) is 292 cm³/mol. The fourth-order valence-corrected chi connectivity index (χ4v) is 9.94. The van der Waals surface area contributed by atoms with Gasteiger partial charge in [-0.2, -0.15) is 35.0 Å². The minimum Gasteiger partial charge on any atom is -0.509 e. The minimum atomic E-state index is -0.0485. The van der Waals surface area contributed by atoms with Gasteiger partial charge in [-0.25, -0.2) is 19.9 Å². The van der Waals surface area contributed by atoms with Gasteiger partial charge in [0.25, 0.3) is 0 Å². The molecule has 13 rings (SSSR count). The Bertz CT molecular complexity index is 4040. The molecule has 0 saturated heterocycles. The molecule has 0 fully saturated rings. The van der Waals surface area contributed by atoms with Crippen LogP contribution in [0.15, 0.2) is 176 Å². The fraction of sp³-hybridized carbons (Fsp3) is 0.125. The molecule has 9 nitrogen and oxygen atoms in total. The number of pyridine rings is 2. The van der Waals surface area contributed by atoms with Crippen LogP contribution in [0.1, 0.15) is 52.7 Å². The van der Waals surface area contributed by atoms with Gasteiger partial charge in [-0.05, 0) is 74.7 Å². The molecule has 0 amide bonds. The van der Waals surface area contributed by atoms with Gasteiger partial charge in [-0.15, -0.1) is 59.3 Å². The van der Waals surface area contributed by atoms with Crippen LogP contribution >= 0.6 is 0 Å². The summed E-state index contributed by atoms with van der Waals surface area (Å²) in [4.78, 5) is 19.6. The Balaban J connectivity index is 0.00000301. The average molecular weight is 1340 g/mol. The molecule has 13 aromatic rings. The average Bonchev–Trinajstić information content (AvgIpc) is 4.03.